The molecule has 41 heavy (non-hydrogen) atoms. The first-order valence-electron chi connectivity index (χ1n) is 12.7. The van der Waals surface area contributed by atoms with Crippen LogP contribution >= 0.6 is 23.2 Å². The third kappa shape index (κ3) is 6.70. The van der Waals surface area contributed by atoms with Crippen molar-refractivity contribution in [1.82, 2.24) is 20.3 Å². The van der Waals surface area contributed by atoms with Gasteiger partial charge in [-0.25, -0.2) is 9.97 Å². The summed E-state index contributed by atoms with van der Waals surface area (Å²) in [6, 6.07) is 2.97. The Bertz CT molecular complexity index is 1480. The zero-order valence-corrected chi connectivity index (χ0v) is 24.4. The average molecular weight is 601 g/mol. The number of amides is 1. The van der Waals surface area contributed by atoms with Crippen molar-refractivity contribution in [3.8, 4) is 22.8 Å². The van der Waals surface area contributed by atoms with Crippen LogP contribution in [0.15, 0.2) is 47.7 Å². The summed E-state index contributed by atoms with van der Waals surface area (Å²) in [5.41, 5.74) is 8.70. The Kier molecular flexibility index (Phi) is 9.98. The lowest BCUT2D eigenvalue weighted by molar-refractivity contribution is -0.117. The van der Waals surface area contributed by atoms with Crippen molar-refractivity contribution in [3.63, 3.8) is 0 Å². The molecule has 11 nitrogen and oxygen atoms in total. The van der Waals surface area contributed by atoms with Crippen LogP contribution in [-0.2, 0) is 16.0 Å². The van der Waals surface area contributed by atoms with E-state index in [9.17, 15) is 4.79 Å². The summed E-state index contributed by atoms with van der Waals surface area (Å²) in [5, 5.41) is 7.49. The maximum Gasteiger partial charge on any atom is 0.243 e. The zero-order valence-electron chi connectivity index (χ0n) is 22.9. The summed E-state index contributed by atoms with van der Waals surface area (Å²) in [6.45, 7) is 4.43. The van der Waals surface area contributed by atoms with Crippen LogP contribution in [0.2, 0.25) is 10.0 Å². The van der Waals surface area contributed by atoms with Crippen LogP contribution in [0.3, 0.4) is 0 Å². The summed E-state index contributed by atoms with van der Waals surface area (Å²) in [5.74, 6) is 0.863. The predicted molar refractivity (Wildman–Crippen MR) is 161 cm³/mol. The third-order valence-corrected chi connectivity index (χ3v) is 7.28. The molecular formula is C28H31Cl2N7O4. The van der Waals surface area contributed by atoms with E-state index < -0.39 is 0 Å². The molecule has 1 aliphatic heterocycles. The lowest BCUT2D eigenvalue weighted by atomic mass is 10.0. The summed E-state index contributed by atoms with van der Waals surface area (Å²) in [4.78, 5) is 30.3. The van der Waals surface area contributed by atoms with Crippen LogP contribution in [0, 0.1) is 0 Å². The summed E-state index contributed by atoms with van der Waals surface area (Å²) < 4.78 is 16.5. The number of nitrogens with one attached hydrogen (secondary N) is 2. The topological polar surface area (TPSA) is 146 Å². The molecule has 0 radical (unpaired) electrons. The van der Waals surface area contributed by atoms with Gasteiger partial charge in [-0.05, 0) is 30.3 Å². The monoisotopic (exact) mass is 599 g/mol. The highest BCUT2D eigenvalue weighted by molar-refractivity contribution is 6.41. The molecule has 2 atom stereocenters. The molecule has 13 heteroatoms. The number of carbonyl (C=O) groups is 1. The third-order valence-electron chi connectivity index (χ3n) is 6.53. The van der Waals surface area contributed by atoms with Gasteiger partial charge in [0.05, 0.1) is 59.9 Å². The molecule has 4 N–H and O–H groups in total. The molecule has 0 saturated carbocycles. The molecule has 4 rings (SSSR count). The van der Waals surface area contributed by atoms with E-state index in [0.717, 1.165) is 5.57 Å². The summed E-state index contributed by atoms with van der Waals surface area (Å²) >= 11 is 13.4. The number of rotatable bonds is 10. The molecule has 1 aromatic carbocycles. The van der Waals surface area contributed by atoms with Crippen molar-refractivity contribution >= 4 is 52.2 Å². The van der Waals surface area contributed by atoms with Crippen LogP contribution in [0.5, 0.6) is 11.5 Å². The number of carbonyl (C=O) groups excluding carboxylic acids is 1. The number of allylic oxidation sites excluding steroid dienone is 1. The molecule has 1 saturated heterocycles. The van der Waals surface area contributed by atoms with Gasteiger partial charge in [0, 0.05) is 49.5 Å². The minimum Gasteiger partial charge on any atom is -0.495 e. The van der Waals surface area contributed by atoms with E-state index in [-0.39, 0.29) is 28.0 Å². The minimum absolute atomic E-state index is 0.187. The van der Waals surface area contributed by atoms with E-state index in [1.54, 1.807) is 31.6 Å². The maximum atomic E-state index is 12.0. The van der Waals surface area contributed by atoms with Gasteiger partial charge in [0.1, 0.15) is 11.5 Å². The molecule has 2 aromatic heterocycles. The Balaban J connectivity index is 1.83. The lowest BCUT2D eigenvalue weighted by Crippen LogP contribution is -2.52. The quantitative estimate of drug-likeness (QED) is 0.232. The minimum atomic E-state index is -0.257. The first-order chi connectivity index (χ1) is 19.8. The first-order valence-corrected chi connectivity index (χ1v) is 13.5. The summed E-state index contributed by atoms with van der Waals surface area (Å²) in [7, 11) is 4.67. The Morgan fingerprint density at radius 3 is 2.59 bits per heavy atom. The fourth-order valence-corrected chi connectivity index (χ4v) is 5.20. The van der Waals surface area contributed by atoms with Gasteiger partial charge in [0.2, 0.25) is 11.9 Å². The Morgan fingerprint density at radius 1 is 1.22 bits per heavy atom. The number of hydrogen-bond donors (Lipinski definition) is 3. The summed E-state index contributed by atoms with van der Waals surface area (Å²) in [6.07, 6.45) is 6.99. The number of nitrogens with zero attached hydrogens (tertiary/aromatic N) is 4. The second-order valence-electron chi connectivity index (χ2n) is 9.11. The van der Waals surface area contributed by atoms with Gasteiger partial charge in [0.15, 0.2) is 0 Å². The molecule has 3 aromatic rings. The van der Waals surface area contributed by atoms with Crippen LogP contribution in [0.4, 0.5) is 5.95 Å². The molecule has 3 heterocycles. The number of halogens is 2. The molecule has 216 valence electrons. The van der Waals surface area contributed by atoms with E-state index in [2.05, 4.69) is 27.2 Å². The molecule has 0 spiro atoms. The molecular weight excluding hydrogens is 569 g/mol. The molecule has 1 amide bonds. The van der Waals surface area contributed by atoms with Crippen LogP contribution < -0.4 is 25.8 Å². The van der Waals surface area contributed by atoms with Crippen LogP contribution in [-0.4, -0.2) is 73.6 Å². The average Bonchev–Trinajstić information content (AvgIpc) is 2.98. The van der Waals surface area contributed by atoms with Gasteiger partial charge in [-0.1, -0.05) is 29.8 Å². The molecule has 2 unspecified atom stereocenters. The first kappa shape index (κ1) is 30.0. The van der Waals surface area contributed by atoms with Gasteiger partial charge >= 0.3 is 0 Å². The number of benzene rings is 1. The second kappa shape index (κ2) is 13.6. The number of methoxy groups -OCH3 is 2. The number of nitrogens with two attached hydrogens (primary N) is 1. The molecule has 0 aliphatic carbocycles. The van der Waals surface area contributed by atoms with E-state index in [1.165, 1.54) is 26.5 Å². The lowest BCUT2D eigenvalue weighted by Gasteiger charge is -2.32. The predicted octanol–water partition coefficient (Wildman–Crippen LogP) is 3.97. The van der Waals surface area contributed by atoms with Crippen LogP contribution in [0.25, 0.3) is 22.2 Å². The highest BCUT2D eigenvalue weighted by Crippen LogP contribution is 2.46. The highest BCUT2D eigenvalue weighted by Gasteiger charge is 2.28. The number of fused-ring (bicyclic) bond motifs is 1. The van der Waals surface area contributed by atoms with Crippen molar-refractivity contribution in [1.29, 1.82) is 0 Å². The normalized spacial score (nSPS) is 17.4. The Morgan fingerprint density at radius 2 is 1.95 bits per heavy atom. The van der Waals surface area contributed by atoms with Crippen molar-refractivity contribution in [2.75, 3.05) is 39.8 Å². The number of anilines is 1. The van der Waals surface area contributed by atoms with Crippen molar-refractivity contribution < 1.29 is 19.0 Å². The van der Waals surface area contributed by atoms with Gasteiger partial charge in [-0.15, -0.1) is 0 Å². The Hall–Kier alpha value is -3.93. The van der Waals surface area contributed by atoms with E-state index >= 15 is 0 Å². The molecule has 1 aliphatic rings. The fraction of sp³-hybridized carbons (Fsp3) is 0.321. The van der Waals surface area contributed by atoms with E-state index in [1.807, 2.05) is 0 Å². The molecule has 0 bridgehead atoms. The largest absolute Gasteiger partial charge is 0.495 e. The van der Waals surface area contributed by atoms with Gasteiger partial charge in [-0.2, -0.15) is 0 Å². The SMILES string of the molecule is C=CC(=O)NC1CCOCC1Nc1ncc2cc(-c3c(Cl)c(OC)cc(OC)c3Cl)nc(CC(C=NC)=CN)c2n1. The maximum absolute atomic E-state index is 12.0. The Labute approximate surface area is 247 Å². The smallest absolute Gasteiger partial charge is 0.243 e. The van der Waals surface area contributed by atoms with Gasteiger partial charge in [-0.3, -0.25) is 14.8 Å². The number of aromatic nitrogens is 3. The van der Waals surface area contributed by atoms with Crippen LogP contribution in [0.1, 0.15) is 12.1 Å². The van der Waals surface area contributed by atoms with Crippen molar-refractivity contribution in [2.45, 2.75) is 24.9 Å². The number of ether oxygens (including phenoxy) is 3. The fourth-order valence-electron chi connectivity index (χ4n) is 4.50. The van der Waals surface area contributed by atoms with Crippen molar-refractivity contribution in [2.24, 2.45) is 10.7 Å². The standard InChI is InChI=1S/C28H31Cl2N7O4/c1-5-23(38)35-17-6-7-41-14-20(17)36-28-33-13-16-9-18(24-25(29)21(39-3)10-22(40-4)26(24)30)34-19(27(16)37-28)8-15(11-31)12-32-2/h5,9-13,17,20H,1,6-8,14,31H2,2-4H3,(H,35,38)(H,33,36,37). The van der Waals surface area contributed by atoms with Gasteiger partial charge in [0.25, 0.3) is 0 Å². The number of aliphatic imine (C=N–C) groups is 1. The van der Waals surface area contributed by atoms with Crippen molar-refractivity contribution in [3.05, 3.63) is 58.5 Å². The van der Waals surface area contributed by atoms with E-state index in [0.29, 0.717) is 71.4 Å². The van der Waals surface area contributed by atoms with E-state index in [4.69, 9.17) is 53.1 Å². The highest BCUT2D eigenvalue weighted by atomic mass is 35.5. The number of hydrogen-bond acceptors (Lipinski definition) is 10. The number of pyridine rings is 1. The second-order valence-corrected chi connectivity index (χ2v) is 9.86. The van der Waals surface area contributed by atoms with Gasteiger partial charge < -0.3 is 30.6 Å². The zero-order chi connectivity index (χ0) is 29.5. The molecule has 1 fully saturated rings.